The van der Waals surface area contributed by atoms with Gasteiger partial charge in [0.1, 0.15) is 5.75 Å². The highest BCUT2D eigenvalue weighted by atomic mass is 79.9. The summed E-state index contributed by atoms with van der Waals surface area (Å²) in [6.45, 7) is 0. The fraction of sp³-hybridized carbons (Fsp3) is 0.143. The smallest absolute Gasteiger partial charge is 0.180 e. The van der Waals surface area contributed by atoms with Gasteiger partial charge in [0.25, 0.3) is 0 Å². The minimum Gasteiger partial charge on any atom is -0.506 e. The molecule has 0 aromatic heterocycles. The Kier molecular flexibility index (Phi) is 2.80. The van der Waals surface area contributed by atoms with E-state index in [1.807, 2.05) is 0 Å². The Morgan fingerprint density at radius 3 is 2.75 bits per heavy atom. The number of hydrogen-bond donors (Lipinski definition) is 1. The molecule has 66 valence electrons. The molecule has 1 aromatic carbocycles. The van der Waals surface area contributed by atoms with Crippen molar-refractivity contribution in [2.45, 2.75) is 0 Å². The number of rotatable bonds is 1. The summed E-state index contributed by atoms with van der Waals surface area (Å²) in [7, 11) is 1.30. The van der Waals surface area contributed by atoms with Gasteiger partial charge in [0.15, 0.2) is 11.6 Å². The van der Waals surface area contributed by atoms with Gasteiger partial charge in [-0.2, -0.15) is 0 Å². The van der Waals surface area contributed by atoms with Crippen molar-refractivity contribution in [3.8, 4) is 11.5 Å². The SMILES string of the molecule is COc1cc(O)c(Cl)c(Br)c1F. The van der Waals surface area contributed by atoms with Crippen LogP contribution < -0.4 is 4.74 Å². The van der Waals surface area contributed by atoms with E-state index in [9.17, 15) is 4.39 Å². The number of ether oxygens (including phenoxy) is 1. The number of hydrogen-bond acceptors (Lipinski definition) is 2. The predicted octanol–water partition coefficient (Wildman–Crippen LogP) is 2.96. The zero-order valence-corrected chi connectivity index (χ0v) is 8.41. The summed E-state index contributed by atoms with van der Waals surface area (Å²) in [6, 6.07) is 1.11. The van der Waals surface area contributed by atoms with Crippen LogP contribution in [0.1, 0.15) is 0 Å². The third kappa shape index (κ3) is 1.49. The van der Waals surface area contributed by atoms with Crippen LogP contribution in [-0.4, -0.2) is 12.2 Å². The van der Waals surface area contributed by atoms with E-state index in [1.54, 1.807) is 0 Å². The number of aromatic hydroxyl groups is 1. The van der Waals surface area contributed by atoms with Crippen LogP contribution in [0.4, 0.5) is 4.39 Å². The average molecular weight is 255 g/mol. The normalized spacial score (nSPS) is 10.0. The molecule has 0 radical (unpaired) electrons. The van der Waals surface area contributed by atoms with Crippen molar-refractivity contribution in [1.82, 2.24) is 0 Å². The van der Waals surface area contributed by atoms with E-state index in [2.05, 4.69) is 20.7 Å². The summed E-state index contributed by atoms with van der Waals surface area (Å²) in [5, 5.41) is 9.07. The first-order chi connectivity index (χ1) is 5.57. The fourth-order valence-electron chi connectivity index (χ4n) is 0.716. The molecule has 12 heavy (non-hydrogen) atoms. The molecule has 0 spiro atoms. The van der Waals surface area contributed by atoms with Gasteiger partial charge in [-0.15, -0.1) is 0 Å². The summed E-state index contributed by atoms with van der Waals surface area (Å²) in [4.78, 5) is 0. The second kappa shape index (κ2) is 3.49. The standard InChI is InChI=1S/C7H5BrClFO2/c1-12-4-2-3(11)6(9)5(8)7(4)10/h2,11H,1H3. The van der Waals surface area contributed by atoms with Gasteiger partial charge in [0, 0.05) is 6.07 Å². The van der Waals surface area contributed by atoms with Crippen LogP contribution in [0.25, 0.3) is 0 Å². The van der Waals surface area contributed by atoms with Crippen LogP contribution in [0.2, 0.25) is 5.02 Å². The Morgan fingerprint density at radius 1 is 1.67 bits per heavy atom. The topological polar surface area (TPSA) is 29.5 Å². The molecular formula is C7H5BrClFO2. The third-order valence-electron chi connectivity index (χ3n) is 1.31. The van der Waals surface area contributed by atoms with Gasteiger partial charge in [-0.25, -0.2) is 4.39 Å². The summed E-state index contributed by atoms with van der Waals surface area (Å²) in [6.07, 6.45) is 0. The average Bonchev–Trinajstić information content (AvgIpc) is 2.08. The number of benzene rings is 1. The molecule has 0 fully saturated rings. The molecule has 2 nitrogen and oxygen atoms in total. The lowest BCUT2D eigenvalue weighted by Gasteiger charge is -2.06. The van der Waals surface area contributed by atoms with Crippen LogP contribution >= 0.6 is 27.5 Å². The number of phenols is 1. The zero-order valence-electron chi connectivity index (χ0n) is 6.07. The van der Waals surface area contributed by atoms with Crippen molar-refractivity contribution in [3.63, 3.8) is 0 Å². The molecular weight excluding hydrogens is 250 g/mol. The summed E-state index contributed by atoms with van der Waals surface area (Å²) in [5.74, 6) is -0.897. The molecule has 5 heteroatoms. The van der Waals surface area contributed by atoms with E-state index in [4.69, 9.17) is 16.7 Å². The molecule has 1 N–H and O–H groups in total. The van der Waals surface area contributed by atoms with E-state index in [0.717, 1.165) is 6.07 Å². The maximum Gasteiger partial charge on any atom is 0.180 e. The third-order valence-corrected chi connectivity index (χ3v) is 2.67. The maximum absolute atomic E-state index is 13.1. The molecule has 0 amide bonds. The Balaban J connectivity index is 3.39. The van der Waals surface area contributed by atoms with Crippen LogP contribution in [-0.2, 0) is 0 Å². The lowest BCUT2D eigenvalue weighted by atomic mass is 10.3. The van der Waals surface area contributed by atoms with Crippen molar-refractivity contribution in [3.05, 3.63) is 21.4 Å². The number of phenolic OH excluding ortho intramolecular Hbond substituents is 1. The molecule has 0 bridgehead atoms. The van der Waals surface area contributed by atoms with Gasteiger partial charge in [-0.3, -0.25) is 0 Å². The van der Waals surface area contributed by atoms with E-state index in [-0.39, 0.29) is 21.0 Å². The Hall–Kier alpha value is -0.480. The highest BCUT2D eigenvalue weighted by molar-refractivity contribution is 9.10. The van der Waals surface area contributed by atoms with E-state index < -0.39 is 5.82 Å². The monoisotopic (exact) mass is 254 g/mol. The van der Waals surface area contributed by atoms with Crippen molar-refractivity contribution < 1.29 is 14.2 Å². The Morgan fingerprint density at radius 2 is 2.25 bits per heavy atom. The molecule has 1 rings (SSSR count). The quantitative estimate of drug-likeness (QED) is 0.782. The molecule has 0 saturated heterocycles. The van der Waals surface area contributed by atoms with Crippen molar-refractivity contribution >= 4 is 27.5 Å². The minimum atomic E-state index is -0.625. The second-order valence-electron chi connectivity index (χ2n) is 2.04. The second-order valence-corrected chi connectivity index (χ2v) is 3.21. The van der Waals surface area contributed by atoms with Crippen molar-refractivity contribution in [2.75, 3.05) is 7.11 Å². The van der Waals surface area contributed by atoms with E-state index >= 15 is 0 Å². The van der Waals surface area contributed by atoms with Crippen LogP contribution in [0, 0.1) is 5.82 Å². The van der Waals surface area contributed by atoms with Gasteiger partial charge < -0.3 is 9.84 Å². The minimum absolute atomic E-state index is 0.000941. The van der Waals surface area contributed by atoms with Gasteiger partial charge in [0.05, 0.1) is 16.6 Å². The first-order valence-corrected chi connectivity index (χ1v) is 4.15. The molecule has 0 heterocycles. The first kappa shape index (κ1) is 9.61. The lowest BCUT2D eigenvalue weighted by molar-refractivity contribution is 0.379. The molecule has 0 saturated carbocycles. The fourth-order valence-corrected chi connectivity index (χ4v) is 1.25. The predicted molar refractivity (Wildman–Crippen MR) is 47.3 cm³/mol. The molecule has 0 aliphatic rings. The maximum atomic E-state index is 13.1. The first-order valence-electron chi connectivity index (χ1n) is 2.98. The highest BCUT2D eigenvalue weighted by Crippen LogP contribution is 2.38. The van der Waals surface area contributed by atoms with Crippen molar-refractivity contribution in [1.29, 1.82) is 0 Å². The molecule has 0 aliphatic carbocycles. The largest absolute Gasteiger partial charge is 0.506 e. The summed E-state index contributed by atoms with van der Waals surface area (Å²) >= 11 is 8.39. The van der Waals surface area contributed by atoms with Gasteiger partial charge >= 0.3 is 0 Å². The van der Waals surface area contributed by atoms with Crippen LogP contribution in [0.5, 0.6) is 11.5 Å². The summed E-state index contributed by atoms with van der Waals surface area (Å²) in [5.41, 5.74) is 0. The molecule has 0 unspecified atom stereocenters. The molecule has 0 aliphatic heterocycles. The van der Waals surface area contributed by atoms with Gasteiger partial charge in [0.2, 0.25) is 0 Å². The van der Waals surface area contributed by atoms with Crippen LogP contribution in [0.15, 0.2) is 10.5 Å². The Labute approximate surface area is 82.0 Å². The lowest BCUT2D eigenvalue weighted by Crippen LogP contribution is -1.89. The van der Waals surface area contributed by atoms with Crippen molar-refractivity contribution in [2.24, 2.45) is 0 Å². The molecule has 1 aromatic rings. The zero-order chi connectivity index (χ0) is 9.30. The highest BCUT2D eigenvalue weighted by Gasteiger charge is 2.14. The molecule has 0 atom stereocenters. The van der Waals surface area contributed by atoms with Crippen LogP contribution in [0.3, 0.4) is 0 Å². The van der Waals surface area contributed by atoms with E-state index in [1.165, 1.54) is 7.11 Å². The number of methoxy groups -OCH3 is 1. The Bertz CT molecular complexity index is 317. The summed E-state index contributed by atoms with van der Waals surface area (Å²) < 4.78 is 17.7. The van der Waals surface area contributed by atoms with Gasteiger partial charge in [-0.05, 0) is 15.9 Å². The van der Waals surface area contributed by atoms with Gasteiger partial charge in [-0.1, -0.05) is 11.6 Å². The van der Waals surface area contributed by atoms with E-state index in [0.29, 0.717) is 0 Å². The number of halogens is 3.